The molecule has 4 aromatic rings. The molecule has 0 spiro atoms. The first-order valence-electron chi connectivity index (χ1n) is 11.4. The molecule has 0 aliphatic heterocycles. The molecule has 0 fully saturated rings. The molecule has 1 amide bonds. The van der Waals surface area contributed by atoms with Crippen LogP contribution in [0.1, 0.15) is 12.5 Å². The van der Waals surface area contributed by atoms with Gasteiger partial charge >= 0.3 is 0 Å². The molecular weight excluding hydrogens is 462 g/mol. The van der Waals surface area contributed by atoms with E-state index in [1.807, 2.05) is 24.3 Å². The van der Waals surface area contributed by atoms with Crippen LogP contribution in [-0.2, 0) is 11.3 Å². The van der Waals surface area contributed by atoms with E-state index in [1.54, 1.807) is 54.9 Å². The fourth-order valence-corrected chi connectivity index (χ4v) is 3.71. The predicted octanol–water partition coefficient (Wildman–Crippen LogP) is 5.13. The van der Waals surface area contributed by atoms with E-state index in [0.717, 1.165) is 16.9 Å². The van der Waals surface area contributed by atoms with Gasteiger partial charge in [0, 0.05) is 11.4 Å². The average Bonchev–Trinajstić information content (AvgIpc) is 2.88. The van der Waals surface area contributed by atoms with E-state index in [9.17, 15) is 18.4 Å². The van der Waals surface area contributed by atoms with Gasteiger partial charge < -0.3 is 20.5 Å². The molecule has 8 heteroatoms. The van der Waals surface area contributed by atoms with Crippen LogP contribution in [0.5, 0.6) is 0 Å². The Balaban J connectivity index is 1.70. The quantitative estimate of drug-likeness (QED) is 0.321. The minimum atomic E-state index is -0.483. The van der Waals surface area contributed by atoms with Gasteiger partial charge in [-0.25, -0.2) is 8.78 Å². The van der Waals surface area contributed by atoms with Gasteiger partial charge in [-0.1, -0.05) is 12.1 Å². The molecule has 0 aliphatic rings. The van der Waals surface area contributed by atoms with Crippen LogP contribution in [0.25, 0.3) is 11.3 Å². The third-order valence-corrected chi connectivity index (χ3v) is 5.80. The normalized spacial score (nSPS) is 11.7. The minimum absolute atomic E-state index is 0.147. The van der Waals surface area contributed by atoms with Crippen molar-refractivity contribution < 1.29 is 13.6 Å². The molecule has 3 N–H and O–H groups in total. The summed E-state index contributed by atoms with van der Waals surface area (Å²) in [6, 6.07) is 22.2. The van der Waals surface area contributed by atoms with Crippen molar-refractivity contribution in [3.05, 3.63) is 112 Å². The zero-order valence-electron chi connectivity index (χ0n) is 19.9. The Morgan fingerprint density at radius 2 is 1.56 bits per heavy atom. The topological polar surface area (TPSA) is 75.2 Å². The first-order chi connectivity index (χ1) is 17.3. The third-order valence-electron chi connectivity index (χ3n) is 5.80. The Bertz CT molecular complexity index is 1420. The van der Waals surface area contributed by atoms with E-state index in [2.05, 4.69) is 16.0 Å². The highest BCUT2D eigenvalue weighted by atomic mass is 19.1. The van der Waals surface area contributed by atoms with Crippen molar-refractivity contribution in [2.75, 3.05) is 17.7 Å². The SMILES string of the molecule is CNC(C)C(=O)Nc1ccc(-c2ccc(F)cc2)n(Cc2cccc(Nc3ccc(F)cc3)c2)c1=O. The van der Waals surface area contributed by atoms with Gasteiger partial charge in [0.05, 0.1) is 18.3 Å². The lowest BCUT2D eigenvalue weighted by Gasteiger charge is -2.17. The summed E-state index contributed by atoms with van der Waals surface area (Å²) in [7, 11) is 1.66. The highest BCUT2D eigenvalue weighted by Crippen LogP contribution is 2.23. The molecule has 4 rings (SSSR count). The molecule has 1 unspecified atom stereocenters. The maximum atomic E-state index is 13.5. The number of anilines is 3. The molecule has 1 atom stereocenters. The summed E-state index contributed by atoms with van der Waals surface area (Å²) in [5.74, 6) is -1.03. The Labute approximate surface area is 207 Å². The Morgan fingerprint density at radius 3 is 2.22 bits per heavy atom. The number of nitrogens with zero attached hydrogens (tertiary/aromatic N) is 1. The van der Waals surface area contributed by atoms with E-state index in [4.69, 9.17) is 0 Å². The number of amides is 1. The fourth-order valence-electron chi connectivity index (χ4n) is 3.71. The first kappa shape index (κ1) is 24.8. The lowest BCUT2D eigenvalue weighted by atomic mass is 10.1. The van der Waals surface area contributed by atoms with Crippen LogP contribution < -0.4 is 21.5 Å². The number of nitrogens with one attached hydrogen (secondary N) is 3. The Morgan fingerprint density at radius 1 is 0.889 bits per heavy atom. The second kappa shape index (κ2) is 11.0. The summed E-state index contributed by atoms with van der Waals surface area (Å²) < 4.78 is 28.3. The molecule has 0 saturated carbocycles. The molecule has 3 aromatic carbocycles. The van der Waals surface area contributed by atoms with E-state index in [1.165, 1.54) is 24.3 Å². The van der Waals surface area contributed by atoms with Crippen molar-refractivity contribution in [2.45, 2.75) is 19.5 Å². The number of carbonyl (C=O) groups is 1. The molecule has 0 bridgehead atoms. The van der Waals surface area contributed by atoms with Crippen LogP contribution in [0, 0.1) is 11.6 Å². The van der Waals surface area contributed by atoms with Gasteiger partial charge in [0.15, 0.2) is 0 Å². The number of hydrogen-bond acceptors (Lipinski definition) is 4. The number of aromatic nitrogens is 1. The smallest absolute Gasteiger partial charge is 0.275 e. The number of rotatable bonds is 8. The van der Waals surface area contributed by atoms with Crippen molar-refractivity contribution >= 4 is 23.0 Å². The molecule has 184 valence electrons. The van der Waals surface area contributed by atoms with Crippen LogP contribution in [0.2, 0.25) is 0 Å². The van der Waals surface area contributed by atoms with Crippen molar-refractivity contribution in [2.24, 2.45) is 0 Å². The van der Waals surface area contributed by atoms with Gasteiger partial charge in [-0.15, -0.1) is 0 Å². The van der Waals surface area contributed by atoms with Crippen molar-refractivity contribution in [3.63, 3.8) is 0 Å². The average molecular weight is 489 g/mol. The molecule has 1 heterocycles. The second-order valence-electron chi connectivity index (χ2n) is 8.36. The summed E-state index contributed by atoms with van der Waals surface area (Å²) in [5.41, 5.74) is 3.31. The van der Waals surface area contributed by atoms with Gasteiger partial charge in [-0.2, -0.15) is 0 Å². The summed E-state index contributed by atoms with van der Waals surface area (Å²) >= 11 is 0. The van der Waals surface area contributed by atoms with Crippen molar-refractivity contribution in [1.29, 1.82) is 0 Å². The van der Waals surface area contributed by atoms with Crippen LogP contribution >= 0.6 is 0 Å². The maximum absolute atomic E-state index is 13.5. The number of pyridine rings is 1. The van der Waals surface area contributed by atoms with Crippen LogP contribution in [0.15, 0.2) is 89.7 Å². The van der Waals surface area contributed by atoms with Gasteiger partial charge in [0.1, 0.15) is 17.3 Å². The van der Waals surface area contributed by atoms with Crippen LogP contribution in [-0.4, -0.2) is 23.6 Å². The second-order valence-corrected chi connectivity index (χ2v) is 8.36. The maximum Gasteiger partial charge on any atom is 0.275 e. The van der Waals surface area contributed by atoms with Gasteiger partial charge in [-0.3, -0.25) is 9.59 Å². The predicted molar refractivity (Wildman–Crippen MR) is 138 cm³/mol. The molecule has 0 aliphatic carbocycles. The number of hydrogen-bond donors (Lipinski definition) is 3. The molecule has 0 saturated heterocycles. The zero-order valence-corrected chi connectivity index (χ0v) is 19.9. The van der Waals surface area contributed by atoms with E-state index < -0.39 is 6.04 Å². The monoisotopic (exact) mass is 488 g/mol. The molecule has 0 radical (unpaired) electrons. The van der Waals surface area contributed by atoms with E-state index in [-0.39, 0.29) is 35.3 Å². The highest BCUT2D eigenvalue weighted by Gasteiger charge is 2.16. The van der Waals surface area contributed by atoms with Crippen molar-refractivity contribution in [3.8, 4) is 11.3 Å². The summed E-state index contributed by atoms with van der Waals surface area (Å²) in [5, 5.41) is 8.75. The number of carbonyl (C=O) groups excluding carboxylic acids is 1. The summed E-state index contributed by atoms with van der Waals surface area (Å²) in [6.45, 7) is 1.90. The molecule has 36 heavy (non-hydrogen) atoms. The highest BCUT2D eigenvalue weighted by molar-refractivity contribution is 5.94. The molecular formula is C28H26F2N4O2. The summed E-state index contributed by atoms with van der Waals surface area (Å²) in [6.07, 6.45) is 0. The molecule has 6 nitrogen and oxygen atoms in total. The third kappa shape index (κ3) is 5.84. The number of halogens is 2. The largest absolute Gasteiger partial charge is 0.356 e. The fraction of sp³-hybridized carbons (Fsp3) is 0.143. The number of benzene rings is 3. The van der Waals surface area contributed by atoms with Crippen molar-refractivity contribution in [1.82, 2.24) is 9.88 Å². The summed E-state index contributed by atoms with van der Waals surface area (Å²) in [4.78, 5) is 25.9. The van der Waals surface area contributed by atoms with Gasteiger partial charge in [0.25, 0.3) is 5.56 Å². The van der Waals surface area contributed by atoms with Crippen LogP contribution in [0.3, 0.4) is 0 Å². The Kier molecular flexibility index (Phi) is 7.56. The van der Waals surface area contributed by atoms with Gasteiger partial charge in [0.2, 0.25) is 5.91 Å². The lowest BCUT2D eigenvalue weighted by Crippen LogP contribution is -2.37. The zero-order chi connectivity index (χ0) is 25.7. The van der Waals surface area contributed by atoms with E-state index in [0.29, 0.717) is 11.3 Å². The Hall–Kier alpha value is -4.30. The lowest BCUT2D eigenvalue weighted by molar-refractivity contribution is -0.117. The first-order valence-corrected chi connectivity index (χ1v) is 11.4. The standard InChI is InChI=1S/C28H26F2N4O2/c1-18(31-2)27(35)33-25-14-15-26(20-6-8-21(29)9-7-20)34(28(25)36)17-19-4-3-5-24(16-19)32-23-12-10-22(30)11-13-23/h3-16,18,31-32H,17H2,1-2H3,(H,33,35). The van der Waals surface area contributed by atoms with Crippen LogP contribution in [0.4, 0.5) is 25.8 Å². The molecule has 1 aromatic heterocycles. The van der Waals surface area contributed by atoms with E-state index >= 15 is 0 Å². The van der Waals surface area contributed by atoms with Gasteiger partial charge in [-0.05, 0) is 97.9 Å². The number of likely N-dealkylation sites (N-methyl/N-ethyl adjacent to an activating group) is 1. The minimum Gasteiger partial charge on any atom is -0.356 e.